The fraction of sp³-hybridized carbons (Fsp3) is 0.167. The minimum Gasteiger partial charge on any atom is -0.465 e. The van der Waals surface area contributed by atoms with Gasteiger partial charge in [-0.05, 0) is 24.3 Å². The molecule has 1 heterocycles. The van der Waals surface area contributed by atoms with Crippen LogP contribution >= 0.6 is 15.9 Å². The van der Waals surface area contributed by atoms with Crippen LogP contribution < -0.4 is 10.6 Å². The summed E-state index contributed by atoms with van der Waals surface area (Å²) in [5.41, 5.74) is 1.32. The third-order valence-corrected chi connectivity index (χ3v) is 3.01. The molecule has 1 aromatic carbocycles. The Morgan fingerprint density at radius 2 is 1.95 bits per heavy atom. The van der Waals surface area contributed by atoms with Gasteiger partial charge in [-0.3, -0.25) is 4.79 Å². The zero-order valence-corrected chi connectivity index (χ0v) is 11.5. The fourth-order valence-electron chi connectivity index (χ4n) is 1.67. The molecule has 0 aliphatic carbocycles. The zero-order valence-electron chi connectivity index (χ0n) is 9.87. The summed E-state index contributed by atoms with van der Waals surface area (Å²) < 4.78 is 0.941. The van der Waals surface area contributed by atoms with Gasteiger partial charge in [0.05, 0.1) is 0 Å². The van der Waals surface area contributed by atoms with Gasteiger partial charge >= 0.3 is 6.09 Å². The first-order chi connectivity index (χ1) is 9.06. The molecule has 0 aliphatic heterocycles. The van der Waals surface area contributed by atoms with Gasteiger partial charge in [0.2, 0.25) is 0 Å². The Hall–Kier alpha value is -2.02. The number of H-pyrrole nitrogens is 1. The van der Waals surface area contributed by atoms with Gasteiger partial charge in [0.1, 0.15) is 5.69 Å². The van der Waals surface area contributed by atoms with E-state index >= 15 is 0 Å². The predicted molar refractivity (Wildman–Crippen MR) is 74.4 cm³/mol. The number of nitrogens with one attached hydrogen (secondary N) is 3. The lowest BCUT2D eigenvalue weighted by molar-refractivity contribution is 0.0949. The highest BCUT2D eigenvalue weighted by Gasteiger charge is 2.09. The second-order valence-corrected chi connectivity index (χ2v) is 4.82. The molecule has 2 rings (SSSR count). The third-order valence-electron chi connectivity index (χ3n) is 2.51. The number of aromatic nitrogens is 1. The molecule has 0 fully saturated rings. The lowest BCUT2D eigenvalue weighted by atomic mass is 10.2. The van der Waals surface area contributed by atoms with Gasteiger partial charge in [-0.1, -0.05) is 15.9 Å². The molecule has 0 unspecified atom stereocenters. The Kier molecular flexibility index (Phi) is 4.06. The summed E-state index contributed by atoms with van der Waals surface area (Å²) in [5.74, 6) is -0.264. The molecule has 0 spiro atoms. The smallest absolute Gasteiger partial charge is 0.404 e. The van der Waals surface area contributed by atoms with Crippen molar-refractivity contribution < 1.29 is 14.7 Å². The molecule has 0 radical (unpaired) electrons. The first-order valence-corrected chi connectivity index (χ1v) is 6.39. The van der Waals surface area contributed by atoms with Crippen LogP contribution in [-0.2, 0) is 0 Å². The Morgan fingerprint density at radius 3 is 2.68 bits per heavy atom. The molecule has 2 amide bonds. The summed E-state index contributed by atoms with van der Waals surface area (Å²) in [7, 11) is 0. The summed E-state index contributed by atoms with van der Waals surface area (Å²) in [4.78, 5) is 25.0. The maximum atomic E-state index is 11.8. The van der Waals surface area contributed by atoms with Crippen molar-refractivity contribution >= 4 is 38.8 Å². The number of carboxylic acid groups (broad SMARTS) is 1. The van der Waals surface area contributed by atoms with Crippen molar-refractivity contribution in [1.82, 2.24) is 15.6 Å². The van der Waals surface area contributed by atoms with E-state index in [1.165, 1.54) is 0 Å². The standard InChI is InChI=1S/C12H12BrN3O3/c13-8-1-2-9-7(5-8)6-10(16-9)11(17)14-3-4-15-12(18)19/h1-2,5-6,15-16H,3-4H2,(H,14,17)(H,18,19). The van der Waals surface area contributed by atoms with E-state index in [-0.39, 0.29) is 19.0 Å². The summed E-state index contributed by atoms with van der Waals surface area (Å²) in [6, 6.07) is 7.42. The van der Waals surface area contributed by atoms with E-state index in [2.05, 4.69) is 31.5 Å². The van der Waals surface area contributed by atoms with Crippen LogP contribution in [0.5, 0.6) is 0 Å². The molecule has 0 saturated heterocycles. The number of amides is 2. The monoisotopic (exact) mass is 325 g/mol. The van der Waals surface area contributed by atoms with Crippen molar-refractivity contribution in [3.63, 3.8) is 0 Å². The highest BCUT2D eigenvalue weighted by atomic mass is 79.9. The summed E-state index contributed by atoms with van der Waals surface area (Å²) >= 11 is 3.37. The number of hydrogen-bond donors (Lipinski definition) is 4. The molecule has 2 aromatic rings. The van der Waals surface area contributed by atoms with Crippen LogP contribution in [-0.4, -0.2) is 35.2 Å². The highest BCUT2D eigenvalue weighted by Crippen LogP contribution is 2.20. The number of fused-ring (bicyclic) bond motifs is 1. The summed E-state index contributed by atoms with van der Waals surface area (Å²) in [6.45, 7) is 0.414. The number of carbonyl (C=O) groups is 2. The van der Waals surface area contributed by atoms with E-state index in [1.54, 1.807) is 6.07 Å². The Labute approximate surface area is 117 Å². The number of benzene rings is 1. The molecule has 4 N–H and O–H groups in total. The molecular weight excluding hydrogens is 314 g/mol. The van der Waals surface area contributed by atoms with E-state index in [4.69, 9.17) is 5.11 Å². The predicted octanol–water partition coefficient (Wildman–Crippen LogP) is 1.93. The normalized spacial score (nSPS) is 10.4. The van der Waals surface area contributed by atoms with Crippen LogP contribution in [0.3, 0.4) is 0 Å². The Morgan fingerprint density at radius 1 is 1.21 bits per heavy atom. The van der Waals surface area contributed by atoms with Crippen LogP contribution in [0.25, 0.3) is 10.9 Å². The maximum Gasteiger partial charge on any atom is 0.404 e. The first kappa shape index (κ1) is 13.4. The topological polar surface area (TPSA) is 94.2 Å². The van der Waals surface area contributed by atoms with Gasteiger partial charge in [-0.25, -0.2) is 4.79 Å². The molecular formula is C12H12BrN3O3. The second-order valence-electron chi connectivity index (χ2n) is 3.90. The summed E-state index contributed by atoms with van der Waals surface area (Å²) in [5, 5.41) is 14.1. The third kappa shape index (κ3) is 3.47. The minimum atomic E-state index is -1.11. The molecule has 0 saturated carbocycles. The Balaban J connectivity index is 1.99. The van der Waals surface area contributed by atoms with Crippen LogP contribution in [0.15, 0.2) is 28.7 Å². The largest absolute Gasteiger partial charge is 0.465 e. The van der Waals surface area contributed by atoms with Gasteiger partial charge in [0.15, 0.2) is 0 Å². The van der Waals surface area contributed by atoms with Crippen LogP contribution in [0, 0.1) is 0 Å². The highest BCUT2D eigenvalue weighted by molar-refractivity contribution is 9.10. The molecule has 19 heavy (non-hydrogen) atoms. The van der Waals surface area contributed by atoms with E-state index < -0.39 is 6.09 Å². The molecule has 100 valence electrons. The van der Waals surface area contributed by atoms with Gasteiger partial charge in [-0.15, -0.1) is 0 Å². The molecule has 6 nitrogen and oxygen atoms in total. The molecule has 0 bridgehead atoms. The maximum absolute atomic E-state index is 11.8. The minimum absolute atomic E-state index is 0.173. The van der Waals surface area contributed by atoms with Crippen LogP contribution in [0.1, 0.15) is 10.5 Å². The molecule has 1 aromatic heterocycles. The van der Waals surface area contributed by atoms with Gasteiger partial charge < -0.3 is 20.7 Å². The van der Waals surface area contributed by atoms with E-state index in [1.807, 2.05) is 18.2 Å². The van der Waals surface area contributed by atoms with Crippen molar-refractivity contribution in [2.24, 2.45) is 0 Å². The van der Waals surface area contributed by atoms with Crippen molar-refractivity contribution in [2.75, 3.05) is 13.1 Å². The first-order valence-electron chi connectivity index (χ1n) is 5.59. The molecule has 0 aliphatic rings. The van der Waals surface area contributed by atoms with Crippen molar-refractivity contribution in [2.45, 2.75) is 0 Å². The lowest BCUT2D eigenvalue weighted by Crippen LogP contribution is -2.34. The Bertz CT molecular complexity index is 624. The number of rotatable bonds is 4. The quantitative estimate of drug-likeness (QED) is 0.647. The van der Waals surface area contributed by atoms with Crippen molar-refractivity contribution in [1.29, 1.82) is 0 Å². The van der Waals surface area contributed by atoms with Gasteiger partial charge in [-0.2, -0.15) is 0 Å². The average Bonchev–Trinajstić information content (AvgIpc) is 2.77. The summed E-state index contributed by atoms with van der Waals surface area (Å²) in [6.07, 6.45) is -1.11. The number of hydrogen-bond acceptors (Lipinski definition) is 2. The van der Waals surface area contributed by atoms with Crippen LogP contribution in [0.2, 0.25) is 0 Å². The SMILES string of the molecule is O=C(O)NCCNC(=O)c1cc2cc(Br)ccc2[nH]1. The fourth-order valence-corrected chi connectivity index (χ4v) is 2.05. The average molecular weight is 326 g/mol. The number of aromatic amines is 1. The number of halogens is 1. The van der Waals surface area contributed by atoms with E-state index in [0.29, 0.717) is 5.69 Å². The lowest BCUT2D eigenvalue weighted by Gasteiger charge is -2.03. The molecule has 7 heteroatoms. The zero-order chi connectivity index (χ0) is 13.8. The molecule has 0 atom stereocenters. The van der Waals surface area contributed by atoms with Crippen LogP contribution in [0.4, 0.5) is 4.79 Å². The second kappa shape index (κ2) is 5.75. The van der Waals surface area contributed by atoms with Gasteiger partial charge in [0.25, 0.3) is 5.91 Å². The van der Waals surface area contributed by atoms with E-state index in [0.717, 1.165) is 15.4 Å². The number of carbonyl (C=O) groups excluding carboxylic acids is 1. The van der Waals surface area contributed by atoms with E-state index in [9.17, 15) is 9.59 Å². The van der Waals surface area contributed by atoms with Gasteiger partial charge in [0, 0.05) is 28.5 Å². The van der Waals surface area contributed by atoms with Crippen molar-refractivity contribution in [3.05, 3.63) is 34.4 Å². The van der Waals surface area contributed by atoms with Crippen molar-refractivity contribution in [3.8, 4) is 0 Å².